The normalized spacial score (nSPS) is 17.3. The molecule has 3 rings (SSSR count). The Morgan fingerprint density at radius 3 is 2.78 bits per heavy atom. The minimum Gasteiger partial charge on any atom is -0.352 e. The van der Waals surface area contributed by atoms with Gasteiger partial charge in [-0.05, 0) is 39.2 Å². The van der Waals surface area contributed by atoms with E-state index in [1.165, 1.54) is 29.7 Å². The van der Waals surface area contributed by atoms with Crippen LogP contribution in [0.4, 0.5) is 0 Å². The van der Waals surface area contributed by atoms with Crippen LogP contribution in [-0.4, -0.2) is 27.2 Å². The minimum absolute atomic E-state index is 0.123. The molecule has 2 heterocycles. The van der Waals surface area contributed by atoms with Crippen LogP contribution in [0.2, 0.25) is 0 Å². The van der Waals surface area contributed by atoms with E-state index in [0.29, 0.717) is 6.04 Å². The van der Waals surface area contributed by atoms with E-state index in [1.54, 1.807) is 29.4 Å². The molecule has 0 spiro atoms. The molecule has 23 heavy (non-hydrogen) atoms. The first-order chi connectivity index (χ1) is 11.1. The third kappa shape index (κ3) is 3.69. The van der Waals surface area contributed by atoms with E-state index in [4.69, 9.17) is 0 Å². The molecule has 0 saturated heterocycles. The molecule has 6 heteroatoms. The summed E-state index contributed by atoms with van der Waals surface area (Å²) in [6.45, 7) is 6.18. The van der Waals surface area contributed by atoms with Crippen LogP contribution in [-0.2, 0) is 4.79 Å². The van der Waals surface area contributed by atoms with Crippen molar-refractivity contribution in [2.75, 3.05) is 0 Å². The number of aryl methyl sites for hydroxylation is 2. The molecule has 1 amide bonds. The number of rotatable bonds is 4. The third-order valence-electron chi connectivity index (χ3n) is 4.54. The lowest BCUT2D eigenvalue weighted by Gasteiger charge is -2.24. The summed E-state index contributed by atoms with van der Waals surface area (Å²) in [5.41, 5.74) is 1.23. The highest BCUT2D eigenvalue weighted by Gasteiger charge is 2.22. The van der Waals surface area contributed by atoms with Crippen molar-refractivity contribution in [1.82, 2.24) is 15.3 Å². The second kappa shape index (κ2) is 7.18. The van der Waals surface area contributed by atoms with Gasteiger partial charge in [0, 0.05) is 16.3 Å². The lowest BCUT2D eigenvalue weighted by molar-refractivity contribution is -0.121. The van der Waals surface area contributed by atoms with Crippen LogP contribution in [0.5, 0.6) is 0 Å². The molecule has 2 aromatic rings. The fourth-order valence-corrected chi connectivity index (χ4v) is 5.07. The number of thiophene rings is 1. The largest absolute Gasteiger partial charge is 0.352 e. The van der Waals surface area contributed by atoms with Gasteiger partial charge in [-0.2, -0.15) is 0 Å². The summed E-state index contributed by atoms with van der Waals surface area (Å²) in [6.07, 6.45) is 7.59. The van der Waals surface area contributed by atoms with Crippen molar-refractivity contribution in [2.45, 2.75) is 69.2 Å². The van der Waals surface area contributed by atoms with Crippen molar-refractivity contribution >= 4 is 39.2 Å². The van der Waals surface area contributed by atoms with Crippen molar-refractivity contribution in [2.24, 2.45) is 0 Å². The molecule has 1 atom stereocenters. The highest BCUT2D eigenvalue weighted by Crippen LogP contribution is 2.36. The van der Waals surface area contributed by atoms with Gasteiger partial charge >= 0.3 is 0 Å². The maximum Gasteiger partial charge on any atom is 0.233 e. The molecule has 0 bridgehead atoms. The number of carbonyl (C=O) groups excluding carboxylic acids is 1. The molecule has 0 aromatic carbocycles. The van der Waals surface area contributed by atoms with Gasteiger partial charge in [-0.15, -0.1) is 11.3 Å². The zero-order chi connectivity index (χ0) is 16.4. The Labute approximate surface area is 145 Å². The van der Waals surface area contributed by atoms with E-state index in [1.807, 2.05) is 6.92 Å². The molecule has 0 unspecified atom stereocenters. The Bertz CT molecular complexity index is 707. The molecule has 1 saturated carbocycles. The predicted octanol–water partition coefficient (Wildman–Crippen LogP) is 4.24. The Balaban J connectivity index is 1.72. The first-order valence-corrected chi connectivity index (χ1v) is 9.93. The van der Waals surface area contributed by atoms with Gasteiger partial charge in [-0.3, -0.25) is 4.79 Å². The molecular weight excluding hydrogens is 326 g/mol. The highest BCUT2D eigenvalue weighted by atomic mass is 32.2. The number of carbonyl (C=O) groups is 1. The SMILES string of the molecule is Cc1sc2ncnc(S[C@@H](C)C(=O)NC3CCCCC3)c2c1C. The summed E-state index contributed by atoms with van der Waals surface area (Å²) in [6, 6.07) is 0.356. The zero-order valence-electron chi connectivity index (χ0n) is 13.9. The molecule has 1 aliphatic carbocycles. The monoisotopic (exact) mass is 349 g/mol. The molecule has 1 fully saturated rings. The molecular formula is C17H23N3OS2. The highest BCUT2D eigenvalue weighted by molar-refractivity contribution is 8.00. The van der Waals surface area contributed by atoms with E-state index in [-0.39, 0.29) is 11.2 Å². The molecule has 0 aliphatic heterocycles. The zero-order valence-corrected chi connectivity index (χ0v) is 15.5. The Hall–Kier alpha value is -1.14. The molecule has 0 radical (unpaired) electrons. The smallest absolute Gasteiger partial charge is 0.233 e. The average molecular weight is 350 g/mol. The van der Waals surface area contributed by atoms with Crippen molar-refractivity contribution in [3.8, 4) is 0 Å². The first-order valence-electron chi connectivity index (χ1n) is 8.24. The van der Waals surface area contributed by atoms with Gasteiger partial charge in [0.05, 0.1) is 5.25 Å². The number of hydrogen-bond donors (Lipinski definition) is 1. The molecule has 1 aliphatic rings. The van der Waals surface area contributed by atoms with Crippen LogP contribution in [0.15, 0.2) is 11.4 Å². The second-order valence-electron chi connectivity index (χ2n) is 6.25. The lowest BCUT2D eigenvalue weighted by atomic mass is 9.95. The van der Waals surface area contributed by atoms with Gasteiger partial charge in [-0.1, -0.05) is 31.0 Å². The molecule has 124 valence electrons. The number of nitrogens with zero attached hydrogens (tertiary/aromatic N) is 2. The van der Waals surface area contributed by atoms with Crippen LogP contribution >= 0.6 is 23.1 Å². The van der Waals surface area contributed by atoms with Crippen LogP contribution in [0.25, 0.3) is 10.2 Å². The van der Waals surface area contributed by atoms with Gasteiger partial charge in [-0.25, -0.2) is 9.97 Å². The van der Waals surface area contributed by atoms with Crippen LogP contribution in [0.1, 0.15) is 49.5 Å². The Morgan fingerprint density at radius 2 is 2.04 bits per heavy atom. The fourth-order valence-electron chi connectivity index (χ4n) is 3.03. The van der Waals surface area contributed by atoms with Crippen molar-refractivity contribution < 1.29 is 4.79 Å². The van der Waals surface area contributed by atoms with Gasteiger partial charge in [0.15, 0.2) is 0 Å². The Morgan fingerprint density at radius 1 is 1.30 bits per heavy atom. The number of aromatic nitrogens is 2. The summed E-state index contributed by atoms with van der Waals surface area (Å²) in [4.78, 5) is 23.5. The number of thioether (sulfide) groups is 1. The Kier molecular flexibility index (Phi) is 5.21. The number of hydrogen-bond acceptors (Lipinski definition) is 5. The quantitative estimate of drug-likeness (QED) is 0.663. The first kappa shape index (κ1) is 16.7. The van der Waals surface area contributed by atoms with Crippen LogP contribution < -0.4 is 5.32 Å². The van der Waals surface area contributed by atoms with E-state index in [0.717, 1.165) is 28.1 Å². The van der Waals surface area contributed by atoms with E-state index in [2.05, 4.69) is 29.1 Å². The maximum atomic E-state index is 12.5. The van der Waals surface area contributed by atoms with Crippen molar-refractivity contribution in [1.29, 1.82) is 0 Å². The number of nitrogens with one attached hydrogen (secondary N) is 1. The maximum absolute atomic E-state index is 12.5. The van der Waals surface area contributed by atoms with E-state index >= 15 is 0 Å². The van der Waals surface area contributed by atoms with Crippen LogP contribution in [0, 0.1) is 13.8 Å². The summed E-state index contributed by atoms with van der Waals surface area (Å²) in [5, 5.41) is 5.09. The number of amides is 1. The standard InChI is InChI=1S/C17H23N3OS2/c1-10-11(2)22-16-14(10)17(19-9-18-16)23-12(3)15(21)20-13-7-5-4-6-8-13/h9,12-13H,4-8H2,1-3H3,(H,20,21)/t12-/m0/s1. The van der Waals surface area contributed by atoms with Gasteiger partial charge in [0.2, 0.25) is 5.91 Å². The molecule has 2 aromatic heterocycles. The second-order valence-corrected chi connectivity index (χ2v) is 8.78. The third-order valence-corrected chi connectivity index (χ3v) is 6.76. The van der Waals surface area contributed by atoms with E-state index < -0.39 is 0 Å². The minimum atomic E-state index is -0.144. The topological polar surface area (TPSA) is 54.9 Å². The van der Waals surface area contributed by atoms with Gasteiger partial charge in [0.1, 0.15) is 16.2 Å². The summed E-state index contributed by atoms with van der Waals surface area (Å²) < 4.78 is 0. The summed E-state index contributed by atoms with van der Waals surface area (Å²) in [7, 11) is 0. The van der Waals surface area contributed by atoms with Crippen LogP contribution in [0.3, 0.4) is 0 Å². The molecule has 4 nitrogen and oxygen atoms in total. The summed E-state index contributed by atoms with van der Waals surface area (Å²) >= 11 is 3.23. The molecule has 1 N–H and O–H groups in total. The average Bonchev–Trinajstić information content (AvgIpc) is 2.84. The van der Waals surface area contributed by atoms with E-state index in [9.17, 15) is 4.79 Å². The van der Waals surface area contributed by atoms with Crippen molar-refractivity contribution in [3.63, 3.8) is 0 Å². The lowest BCUT2D eigenvalue weighted by Crippen LogP contribution is -2.40. The summed E-state index contributed by atoms with van der Waals surface area (Å²) in [5.74, 6) is 0.123. The van der Waals surface area contributed by atoms with Gasteiger partial charge < -0.3 is 5.32 Å². The number of fused-ring (bicyclic) bond motifs is 1. The fraction of sp³-hybridized carbons (Fsp3) is 0.588. The van der Waals surface area contributed by atoms with Gasteiger partial charge in [0.25, 0.3) is 0 Å². The van der Waals surface area contributed by atoms with Crippen molar-refractivity contribution in [3.05, 3.63) is 16.8 Å². The predicted molar refractivity (Wildman–Crippen MR) is 97.2 cm³/mol.